The molecule has 0 fully saturated rings. The highest BCUT2D eigenvalue weighted by Crippen LogP contribution is 2.25. The van der Waals surface area contributed by atoms with Crippen molar-refractivity contribution in [3.63, 3.8) is 0 Å². The number of H-pyrrole nitrogens is 1. The number of aromatic nitrogens is 4. The molecule has 3 heterocycles. The first-order valence-electron chi connectivity index (χ1n) is 7.16. The lowest BCUT2D eigenvalue weighted by atomic mass is 10.1. The van der Waals surface area contributed by atoms with Crippen LogP contribution in [0.25, 0.3) is 33.4 Å². The van der Waals surface area contributed by atoms with Crippen molar-refractivity contribution in [1.82, 2.24) is 20.2 Å². The Balaban J connectivity index is 1.78. The third-order valence-electron chi connectivity index (χ3n) is 3.67. The zero-order chi connectivity index (χ0) is 15.6. The van der Waals surface area contributed by atoms with Crippen LogP contribution < -0.4 is 0 Å². The van der Waals surface area contributed by atoms with Crippen LogP contribution >= 0.6 is 0 Å². The molecule has 5 nitrogen and oxygen atoms in total. The molecule has 110 valence electrons. The Morgan fingerprint density at radius 3 is 2.70 bits per heavy atom. The molecule has 0 aliphatic carbocycles. The predicted molar refractivity (Wildman–Crippen MR) is 87.9 cm³/mol. The molecule has 0 saturated carbocycles. The third-order valence-corrected chi connectivity index (χ3v) is 3.67. The Morgan fingerprint density at radius 2 is 1.83 bits per heavy atom. The van der Waals surface area contributed by atoms with E-state index >= 15 is 0 Å². The normalized spacial score (nSPS) is 10.8. The van der Waals surface area contributed by atoms with Gasteiger partial charge in [-0.3, -0.25) is 19.9 Å². The molecule has 1 N–H and O–H groups in total. The number of hydrogen-bond acceptors (Lipinski definition) is 4. The summed E-state index contributed by atoms with van der Waals surface area (Å²) in [7, 11) is 0. The minimum atomic E-state index is 0.450. The number of nitrogens with zero attached hydrogens (tertiary/aromatic N) is 3. The highest BCUT2D eigenvalue weighted by Gasteiger charge is 2.07. The van der Waals surface area contributed by atoms with E-state index in [1.165, 1.54) is 0 Å². The van der Waals surface area contributed by atoms with Gasteiger partial charge < -0.3 is 0 Å². The molecule has 0 amide bonds. The maximum absolute atomic E-state index is 10.8. The summed E-state index contributed by atoms with van der Waals surface area (Å²) in [6, 6.07) is 15.5. The van der Waals surface area contributed by atoms with Crippen molar-refractivity contribution in [2.45, 2.75) is 0 Å². The number of nitrogens with one attached hydrogen (secondary N) is 1. The summed E-state index contributed by atoms with van der Waals surface area (Å²) < 4.78 is 0. The second kappa shape index (κ2) is 5.46. The zero-order valence-electron chi connectivity index (χ0n) is 12.1. The molecule has 0 atom stereocenters. The van der Waals surface area contributed by atoms with Crippen LogP contribution in [0.4, 0.5) is 0 Å². The molecule has 0 aliphatic rings. The summed E-state index contributed by atoms with van der Waals surface area (Å²) in [5, 5.41) is 7.90. The molecule has 3 aromatic heterocycles. The third kappa shape index (κ3) is 2.48. The molecule has 0 aliphatic heterocycles. The maximum Gasteiger partial charge on any atom is 0.167 e. The van der Waals surface area contributed by atoms with Crippen LogP contribution in [0, 0.1) is 0 Å². The van der Waals surface area contributed by atoms with Gasteiger partial charge in [0.05, 0.1) is 22.6 Å². The van der Waals surface area contributed by atoms with Crippen LogP contribution in [-0.2, 0) is 0 Å². The summed E-state index contributed by atoms with van der Waals surface area (Å²) in [4.78, 5) is 19.7. The largest absolute Gasteiger partial charge is 0.296 e. The molecule has 23 heavy (non-hydrogen) atoms. The molecule has 0 saturated heterocycles. The molecule has 0 spiro atoms. The number of carbonyl (C=O) groups is 1. The highest BCUT2D eigenvalue weighted by molar-refractivity contribution is 5.83. The Morgan fingerprint density at radius 1 is 0.913 bits per heavy atom. The van der Waals surface area contributed by atoms with Gasteiger partial charge in [0.2, 0.25) is 0 Å². The second-order valence-corrected chi connectivity index (χ2v) is 5.17. The van der Waals surface area contributed by atoms with Crippen molar-refractivity contribution < 1.29 is 4.79 Å². The van der Waals surface area contributed by atoms with E-state index in [9.17, 15) is 4.79 Å². The van der Waals surface area contributed by atoms with Gasteiger partial charge in [-0.05, 0) is 30.3 Å². The smallest absolute Gasteiger partial charge is 0.167 e. The van der Waals surface area contributed by atoms with E-state index in [4.69, 9.17) is 0 Å². The van der Waals surface area contributed by atoms with E-state index in [0.29, 0.717) is 11.4 Å². The Bertz CT molecular complexity index is 1010. The summed E-state index contributed by atoms with van der Waals surface area (Å²) in [5.41, 5.74) is 4.77. The lowest BCUT2D eigenvalue weighted by Crippen LogP contribution is -1.87. The zero-order valence-corrected chi connectivity index (χ0v) is 12.1. The van der Waals surface area contributed by atoms with Gasteiger partial charge in [-0.25, -0.2) is 0 Å². The molecule has 1 aromatic carbocycles. The van der Waals surface area contributed by atoms with E-state index in [1.54, 1.807) is 12.3 Å². The van der Waals surface area contributed by atoms with Crippen LogP contribution in [0.2, 0.25) is 0 Å². The molecule has 0 radical (unpaired) electrons. The summed E-state index contributed by atoms with van der Waals surface area (Å²) in [5.74, 6) is 0. The van der Waals surface area contributed by atoms with Gasteiger partial charge >= 0.3 is 0 Å². The fourth-order valence-electron chi connectivity index (χ4n) is 2.50. The van der Waals surface area contributed by atoms with Crippen molar-refractivity contribution in [2.75, 3.05) is 0 Å². The van der Waals surface area contributed by atoms with Gasteiger partial charge in [0.1, 0.15) is 0 Å². The Hall–Kier alpha value is -3.34. The number of aldehydes is 1. The van der Waals surface area contributed by atoms with Crippen molar-refractivity contribution >= 4 is 17.2 Å². The fourth-order valence-corrected chi connectivity index (χ4v) is 2.50. The van der Waals surface area contributed by atoms with Gasteiger partial charge in [0.25, 0.3) is 0 Å². The lowest BCUT2D eigenvalue weighted by molar-refractivity contribution is 0.111. The number of rotatable bonds is 3. The minimum absolute atomic E-state index is 0.450. The first-order chi connectivity index (χ1) is 11.3. The quantitative estimate of drug-likeness (QED) is 0.588. The summed E-state index contributed by atoms with van der Waals surface area (Å²) in [6.45, 7) is 0. The molecule has 0 bridgehead atoms. The number of pyridine rings is 2. The van der Waals surface area contributed by atoms with Gasteiger partial charge in [-0.2, -0.15) is 5.10 Å². The van der Waals surface area contributed by atoms with Crippen LogP contribution in [0.3, 0.4) is 0 Å². The molecular formula is C18H12N4O. The molecule has 4 rings (SSSR count). The number of carbonyl (C=O) groups excluding carboxylic acids is 1. The molecule has 4 aromatic rings. The second-order valence-electron chi connectivity index (χ2n) is 5.17. The first kappa shape index (κ1) is 13.3. The first-order valence-corrected chi connectivity index (χ1v) is 7.16. The number of fused-ring (bicyclic) bond motifs is 1. The standard InChI is InChI=1S/C18H12N4O/c23-11-15-9-18(22-21-15)13-5-6-19-17(8-13)14-7-12-3-1-2-4-16(12)20-10-14/h1-11H,(H,21,22). The number of hydrogen-bond donors (Lipinski definition) is 1. The lowest BCUT2D eigenvalue weighted by Gasteiger charge is -2.04. The van der Waals surface area contributed by atoms with Gasteiger partial charge in [0, 0.05) is 28.9 Å². The van der Waals surface area contributed by atoms with Crippen LogP contribution in [-0.4, -0.2) is 26.5 Å². The number of aromatic amines is 1. The van der Waals surface area contributed by atoms with E-state index in [2.05, 4.69) is 26.2 Å². The van der Waals surface area contributed by atoms with E-state index in [1.807, 2.05) is 42.6 Å². The van der Waals surface area contributed by atoms with Gasteiger partial charge in [-0.15, -0.1) is 0 Å². The topological polar surface area (TPSA) is 71.5 Å². The predicted octanol–water partition coefficient (Wildman–Crippen LogP) is 3.50. The Labute approximate surface area is 132 Å². The monoisotopic (exact) mass is 300 g/mol. The molecular weight excluding hydrogens is 288 g/mol. The van der Waals surface area contributed by atoms with E-state index in [-0.39, 0.29) is 0 Å². The minimum Gasteiger partial charge on any atom is -0.296 e. The average molecular weight is 300 g/mol. The average Bonchev–Trinajstić information content (AvgIpc) is 3.11. The SMILES string of the molecule is O=Cc1cc(-c2ccnc(-c3cnc4ccccc4c3)c2)n[nH]1. The fraction of sp³-hybridized carbons (Fsp3) is 0. The Kier molecular flexibility index (Phi) is 3.16. The van der Waals surface area contributed by atoms with E-state index < -0.39 is 0 Å². The van der Waals surface area contributed by atoms with Crippen LogP contribution in [0.1, 0.15) is 10.5 Å². The number of para-hydroxylation sites is 1. The van der Waals surface area contributed by atoms with Gasteiger partial charge in [0.15, 0.2) is 6.29 Å². The summed E-state index contributed by atoms with van der Waals surface area (Å²) >= 11 is 0. The van der Waals surface area contributed by atoms with Gasteiger partial charge in [-0.1, -0.05) is 18.2 Å². The van der Waals surface area contributed by atoms with Crippen molar-refractivity contribution in [3.05, 3.63) is 66.6 Å². The number of benzene rings is 1. The molecule has 5 heteroatoms. The van der Waals surface area contributed by atoms with Crippen molar-refractivity contribution in [1.29, 1.82) is 0 Å². The molecule has 0 unspecified atom stereocenters. The van der Waals surface area contributed by atoms with Crippen LogP contribution in [0.5, 0.6) is 0 Å². The van der Waals surface area contributed by atoms with Crippen LogP contribution in [0.15, 0.2) is 60.9 Å². The highest BCUT2D eigenvalue weighted by atomic mass is 16.1. The maximum atomic E-state index is 10.8. The van der Waals surface area contributed by atoms with Crippen molar-refractivity contribution in [3.8, 4) is 22.5 Å². The summed E-state index contributed by atoms with van der Waals surface area (Å²) in [6.07, 6.45) is 4.29. The van der Waals surface area contributed by atoms with Crippen molar-refractivity contribution in [2.24, 2.45) is 0 Å². The van der Waals surface area contributed by atoms with E-state index in [0.717, 1.165) is 34.0 Å².